The van der Waals surface area contributed by atoms with Crippen molar-refractivity contribution in [3.63, 3.8) is 0 Å². The molecule has 1 saturated heterocycles. The molecule has 0 aromatic heterocycles. The minimum absolute atomic E-state index is 0.0537. The molecule has 140 valence electrons. The second-order valence-electron chi connectivity index (χ2n) is 10.2. The molecule has 0 radical (unpaired) electrons. The van der Waals surface area contributed by atoms with E-state index in [0.29, 0.717) is 5.41 Å². The van der Waals surface area contributed by atoms with Gasteiger partial charge in [0.1, 0.15) is 0 Å². The van der Waals surface area contributed by atoms with Crippen LogP contribution >= 0.6 is 0 Å². The van der Waals surface area contributed by atoms with E-state index in [1.54, 1.807) is 5.57 Å². The molecule has 25 heavy (non-hydrogen) atoms. The largest absolute Gasteiger partial charge is 0.389 e. The summed E-state index contributed by atoms with van der Waals surface area (Å²) in [6.45, 7) is 4.97. The minimum atomic E-state index is -0.536. The van der Waals surface area contributed by atoms with Crippen LogP contribution in [0.15, 0.2) is 11.6 Å². The van der Waals surface area contributed by atoms with Crippen molar-refractivity contribution in [2.24, 2.45) is 28.6 Å². The third-order valence-electron chi connectivity index (χ3n) is 9.54. The predicted molar refractivity (Wildman–Crippen MR) is 96.8 cm³/mol. The van der Waals surface area contributed by atoms with Crippen LogP contribution in [0.2, 0.25) is 0 Å². The molecule has 4 fully saturated rings. The maximum atomic E-state index is 10.1. The fourth-order valence-corrected chi connectivity index (χ4v) is 8.14. The van der Waals surface area contributed by atoms with Crippen LogP contribution in [0.3, 0.4) is 0 Å². The van der Waals surface area contributed by atoms with Crippen LogP contribution in [0, 0.1) is 28.6 Å². The molecule has 4 aliphatic carbocycles. The van der Waals surface area contributed by atoms with Gasteiger partial charge in [-0.05, 0) is 86.4 Å². The molecule has 2 unspecified atom stereocenters. The van der Waals surface area contributed by atoms with Crippen molar-refractivity contribution in [3.05, 3.63) is 11.6 Å². The molecule has 8 atom stereocenters. The molecular weight excluding hydrogens is 312 g/mol. The molecule has 0 bridgehead atoms. The van der Waals surface area contributed by atoms with E-state index < -0.39 is 6.29 Å². The van der Waals surface area contributed by atoms with Gasteiger partial charge in [-0.25, -0.2) is 0 Å². The molecular formula is C22H34O3. The zero-order valence-corrected chi connectivity index (χ0v) is 15.8. The number of aliphatic hydroxyl groups excluding tert-OH is 2. The Morgan fingerprint density at radius 1 is 0.920 bits per heavy atom. The average molecular weight is 347 g/mol. The number of hydrogen-bond donors (Lipinski definition) is 2. The van der Waals surface area contributed by atoms with Gasteiger partial charge in [-0.15, -0.1) is 0 Å². The van der Waals surface area contributed by atoms with E-state index in [9.17, 15) is 10.2 Å². The maximum absolute atomic E-state index is 10.1. The summed E-state index contributed by atoms with van der Waals surface area (Å²) in [5.74, 6) is 2.33. The highest BCUT2D eigenvalue weighted by Gasteiger charge is 2.66. The van der Waals surface area contributed by atoms with Crippen LogP contribution in [-0.2, 0) is 4.74 Å². The summed E-state index contributed by atoms with van der Waals surface area (Å²) in [4.78, 5) is 0. The predicted octanol–water partition coefficient (Wildman–Crippen LogP) is 4.18. The monoisotopic (exact) mass is 346 g/mol. The van der Waals surface area contributed by atoms with Gasteiger partial charge in [0.25, 0.3) is 0 Å². The summed E-state index contributed by atoms with van der Waals surface area (Å²) in [6, 6.07) is 0. The van der Waals surface area contributed by atoms with E-state index >= 15 is 0 Å². The molecule has 0 amide bonds. The standard InChI is InChI=1S/C22H34O3/c1-20-9-5-15(23)13-14(20)3-4-16-17(20)6-10-21(2)18(16)7-11-22(21)12-8-19(24)25-22/h13,15-19,23-24H,3-12H2,1-2H3/t15?,16-,17+,18+,19?,20+,21+,22+/m1/s1. The number of ether oxygens (including phenoxy) is 1. The second kappa shape index (κ2) is 5.33. The van der Waals surface area contributed by atoms with Gasteiger partial charge in [0.2, 0.25) is 0 Å². The lowest BCUT2D eigenvalue weighted by Crippen LogP contribution is -2.54. The molecule has 1 aliphatic heterocycles. The highest BCUT2D eigenvalue weighted by atomic mass is 16.6. The number of fused-ring (bicyclic) bond motifs is 6. The van der Waals surface area contributed by atoms with Crippen LogP contribution in [-0.4, -0.2) is 28.2 Å². The molecule has 0 aromatic carbocycles. The summed E-state index contributed by atoms with van der Waals surface area (Å²) in [7, 11) is 0. The van der Waals surface area contributed by atoms with Gasteiger partial charge >= 0.3 is 0 Å². The number of hydrogen-bond acceptors (Lipinski definition) is 3. The molecule has 5 rings (SSSR count). The molecule has 5 aliphatic rings. The van der Waals surface area contributed by atoms with Crippen molar-refractivity contribution in [1.29, 1.82) is 0 Å². The van der Waals surface area contributed by atoms with E-state index in [4.69, 9.17) is 4.74 Å². The fourth-order valence-electron chi connectivity index (χ4n) is 8.14. The van der Waals surface area contributed by atoms with Crippen molar-refractivity contribution in [2.45, 2.75) is 96.1 Å². The van der Waals surface area contributed by atoms with Crippen molar-refractivity contribution < 1.29 is 14.9 Å². The smallest absolute Gasteiger partial charge is 0.155 e. The van der Waals surface area contributed by atoms with Crippen molar-refractivity contribution >= 4 is 0 Å². The summed E-state index contributed by atoms with van der Waals surface area (Å²) in [5.41, 5.74) is 2.06. The Kier molecular flexibility index (Phi) is 3.57. The molecule has 3 heteroatoms. The quantitative estimate of drug-likeness (QED) is 0.647. The maximum Gasteiger partial charge on any atom is 0.155 e. The molecule has 3 saturated carbocycles. The average Bonchev–Trinajstić information content (AvgIpc) is 3.10. The molecule has 1 heterocycles. The first-order chi connectivity index (χ1) is 11.9. The Balaban J connectivity index is 1.47. The van der Waals surface area contributed by atoms with Crippen LogP contribution in [0.1, 0.15) is 78.1 Å². The lowest BCUT2D eigenvalue weighted by molar-refractivity contribution is -0.195. The van der Waals surface area contributed by atoms with E-state index in [2.05, 4.69) is 19.9 Å². The first-order valence-corrected chi connectivity index (χ1v) is 10.6. The molecule has 0 aromatic rings. The van der Waals surface area contributed by atoms with Gasteiger partial charge in [0, 0.05) is 6.42 Å². The van der Waals surface area contributed by atoms with Gasteiger partial charge in [-0.3, -0.25) is 0 Å². The first kappa shape index (κ1) is 16.8. The van der Waals surface area contributed by atoms with Crippen LogP contribution in [0.4, 0.5) is 0 Å². The van der Waals surface area contributed by atoms with Crippen LogP contribution < -0.4 is 0 Å². The highest BCUT2D eigenvalue weighted by Crippen LogP contribution is 2.69. The second-order valence-corrected chi connectivity index (χ2v) is 10.2. The summed E-state index contributed by atoms with van der Waals surface area (Å²) in [6.07, 6.45) is 12.8. The lowest BCUT2D eigenvalue weighted by Gasteiger charge is -2.59. The SMILES string of the molecule is C[C@]12CCC(O)C=C1CC[C@@H]1[C@@H]2CC[C@@]2(C)[C@H]1CC[C@]21CCC(O)O1. The zero-order valence-electron chi connectivity index (χ0n) is 15.8. The Labute approximate surface area is 151 Å². The molecule has 2 N–H and O–H groups in total. The summed E-state index contributed by atoms with van der Waals surface area (Å²) in [5, 5.41) is 20.2. The summed E-state index contributed by atoms with van der Waals surface area (Å²) < 4.78 is 6.22. The van der Waals surface area contributed by atoms with Gasteiger partial charge in [-0.1, -0.05) is 25.5 Å². The van der Waals surface area contributed by atoms with Crippen LogP contribution in [0.5, 0.6) is 0 Å². The topological polar surface area (TPSA) is 49.7 Å². The number of allylic oxidation sites excluding steroid dienone is 1. The Bertz CT molecular complexity index is 600. The Morgan fingerprint density at radius 3 is 2.44 bits per heavy atom. The normalized spacial score (nSPS) is 57.8. The minimum Gasteiger partial charge on any atom is -0.389 e. The first-order valence-electron chi connectivity index (χ1n) is 10.6. The van der Waals surface area contributed by atoms with Crippen molar-refractivity contribution in [2.75, 3.05) is 0 Å². The van der Waals surface area contributed by atoms with Crippen molar-refractivity contribution in [1.82, 2.24) is 0 Å². The lowest BCUT2D eigenvalue weighted by atomic mass is 9.46. The zero-order chi connectivity index (χ0) is 17.4. The van der Waals surface area contributed by atoms with E-state index in [1.807, 2.05) is 0 Å². The third-order valence-corrected chi connectivity index (χ3v) is 9.54. The third kappa shape index (κ3) is 2.09. The van der Waals surface area contributed by atoms with Gasteiger partial charge in [0.05, 0.1) is 11.7 Å². The Hall–Kier alpha value is -0.380. The van der Waals surface area contributed by atoms with E-state index in [-0.39, 0.29) is 17.1 Å². The van der Waals surface area contributed by atoms with E-state index in [1.165, 1.54) is 32.1 Å². The van der Waals surface area contributed by atoms with Gasteiger partial charge in [-0.2, -0.15) is 0 Å². The highest BCUT2D eigenvalue weighted by molar-refractivity contribution is 5.26. The fraction of sp³-hybridized carbons (Fsp3) is 0.909. The summed E-state index contributed by atoms with van der Waals surface area (Å²) >= 11 is 0. The molecule has 1 spiro atoms. The number of rotatable bonds is 0. The Morgan fingerprint density at radius 2 is 1.68 bits per heavy atom. The van der Waals surface area contributed by atoms with Crippen LogP contribution in [0.25, 0.3) is 0 Å². The van der Waals surface area contributed by atoms with Gasteiger partial charge < -0.3 is 14.9 Å². The molecule has 3 nitrogen and oxygen atoms in total. The van der Waals surface area contributed by atoms with Gasteiger partial charge in [0.15, 0.2) is 6.29 Å². The van der Waals surface area contributed by atoms with E-state index in [0.717, 1.165) is 49.9 Å². The number of aliphatic hydroxyl groups is 2. The van der Waals surface area contributed by atoms with Crippen molar-refractivity contribution in [3.8, 4) is 0 Å².